The molecule has 0 unspecified atom stereocenters. The summed E-state index contributed by atoms with van der Waals surface area (Å²) in [4.78, 5) is 21.0. The van der Waals surface area contributed by atoms with Crippen molar-refractivity contribution in [2.24, 2.45) is 0 Å². The minimum absolute atomic E-state index is 0.0623. The van der Waals surface area contributed by atoms with Gasteiger partial charge in [0.05, 0.1) is 12.1 Å². The standard InChI is InChI=1S/C25H19ClN2O2S/c26-20-10-5-18(6-11-20)7-14-24(29)19-8-12-21(13-9-19)30-15-16-31-25-22-3-1-2-4-23(22)27-17-28-25/h1-14,17H,15-16H2/b14-7+. The Kier molecular flexibility index (Phi) is 6.97. The van der Waals surface area contributed by atoms with Gasteiger partial charge in [-0.1, -0.05) is 48.0 Å². The lowest BCUT2D eigenvalue weighted by Gasteiger charge is -2.07. The molecule has 1 heterocycles. The van der Waals surface area contributed by atoms with Crippen LogP contribution in [0.3, 0.4) is 0 Å². The molecule has 4 nitrogen and oxygen atoms in total. The number of thioether (sulfide) groups is 1. The maximum absolute atomic E-state index is 12.4. The fourth-order valence-electron chi connectivity index (χ4n) is 2.95. The molecule has 0 atom stereocenters. The molecule has 6 heteroatoms. The summed E-state index contributed by atoms with van der Waals surface area (Å²) in [6.07, 6.45) is 4.92. The van der Waals surface area contributed by atoms with Crippen LogP contribution in [-0.2, 0) is 0 Å². The summed E-state index contributed by atoms with van der Waals surface area (Å²) in [7, 11) is 0. The van der Waals surface area contributed by atoms with E-state index in [0.717, 1.165) is 33.0 Å². The van der Waals surface area contributed by atoms with E-state index in [1.807, 2.05) is 48.5 Å². The molecule has 0 N–H and O–H groups in total. The largest absolute Gasteiger partial charge is 0.493 e. The average molecular weight is 447 g/mol. The van der Waals surface area contributed by atoms with Crippen LogP contribution in [-0.4, -0.2) is 28.1 Å². The van der Waals surface area contributed by atoms with Gasteiger partial charge < -0.3 is 4.74 Å². The lowest BCUT2D eigenvalue weighted by atomic mass is 10.1. The van der Waals surface area contributed by atoms with Crippen molar-refractivity contribution < 1.29 is 9.53 Å². The topological polar surface area (TPSA) is 52.1 Å². The van der Waals surface area contributed by atoms with Gasteiger partial charge in [0.15, 0.2) is 5.78 Å². The van der Waals surface area contributed by atoms with Crippen molar-refractivity contribution >= 4 is 46.1 Å². The quantitative estimate of drug-likeness (QED) is 0.104. The number of hydrogen-bond acceptors (Lipinski definition) is 5. The Morgan fingerprint density at radius 3 is 2.55 bits per heavy atom. The molecule has 0 fully saturated rings. The van der Waals surface area contributed by atoms with Gasteiger partial charge in [-0.25, -0.2) is 9.97 Å². The summed E-state index contributed by atoms with van der Waals surface area (Å²) >= 11 is 7.51. The highest BCUT2D eigenvalue weighted by Crippen LogP contribution is 2.24. The molecule has 0 aliphatic heterocycles. The molecule has 0 aliphatic carbocycles. The summed E-state index contributed by atoms with van der Waals surface area (Å²) in [5.74, 6) is 1.42. The second-order valence-electron chi connectivity index (χ2n) is 6.67. The van der Waals surface area contributed by atoms with E-state index in [9.17, 15) is 4.79 Å². The van der Waals surface area contributed by atoms with E-state index in [0.29, 0.717) is 17.2 Å². The molecule has 1 aromatic heterocycles. The summed E-state index contributed by atoms with van der Waals surface area (Å²) in [6, 6.07) is 22.4. The molecule has 0 saturated heterocycles. The number of carbonyl (C=O) groups excluding carboxylic acids is 1. The number of fused-ring (bicyclic) bond motifs is 1. The van der Waals surface area contributed by atoms with Crippen LogP contribution in [0.2, 0.25) is 5.02 Å². The van der Waals surface area contributed by atoms with Crippen molar-refractivity contribution in [3.05, 3.63) is 101 Å². The molecule has 31 heavy (non-hydrogen) atoms. The maximum atomic E-state index is 12.4. The van der Waals surface area contributed by atoms with E-state index in [-0.39, 0.29) is 5.78 Å². The number of para-hydroxylation sites is 1. The van der Waals surface area contributed by atoms with E-state index < -0.39 is 0 Å². The highest BCUT2D eigenvalue weighted by molar-refractivity contribution is 7.99. The highest BCUT2D eigenvalue weighted by Gasteiger charge is 2.05. The molecular formula is C25H19ClN2O2S. The average Bonchev–Trinajstić information content (AvgIpc) is 2.82. The van der Waals surface area contributed by atoms with Crippen molar-refractivity contribution in [3.63, 3.8) is 0 Å². The third kappa shape index (κ3) is 5.72. The van der Waals surface area contributed by atoms with E-state index in [4.69, 9.17) is 16.3 Å². The lowest BCUT2D eigenvalue weighted by Crippen LogP contribution is -2.01. The molecular weight excluding hydrogens is 428 g/mol. The fourth-order valence-corrected chi connectivity index (χ4v) is 3.89. The number of benzene rings is 3. The minimum Gasteiger partial charge on any atom is -0.493 e. The zero-order chi connectivity index (χ0) is 21.5. The number of hydrogen-bond donors (Lipinski definition) is 0. The van der Waals surface area contributed by atoms with Gasteiger partial charge in [-0.15, -0.1) is 11.8 Å². The van der Waals surface area contributed by atoms with E-state index >= 15 is 0 Å². The highest BCUT2D eigenvalue weighted by atomic mass is 35.5. The van der Waals surface area contributed by atoms with E-state index in [2.05, 4.69) is 9.97 Å². The zero-order valence-corrected chi connectivity index (χ0v) is 18.1. The Labute approximate surface area is 190 Å². The van der Waals surface area contributed by atoms with Gasteiger partial charge in [0, 0.05) is 21.7 Å². The molecule has 0 amide bonds. The van der Waals surface area contributed by atoms with Crippen molar-refractivity contribution in [1.29, 1.82) is 0 Å². The third-order valence-corrected chi connectivity index (χ3v) is 5.75. The van der Waals surface area contributed by atoms with Gasteiger partial charge in [0.1, 0.15) is 17.1 Å². The summed E-state index contributed by atoms with van der Waals surface area (Å²) in [5, 5.41) is 2.66. The van der Waals surface area contributed by atoms with Gasteiger partial charge in [-0.3, -0.25) is 4.79 Å². The minimum atomic E-state index is -0.0623. The second-order valence-corrected chi connectivity index (χ2v) is 8.19. The first-order valence-corrected chi connectivity index (χ1v) is 11.1. The lowest BCUT2D eigenvalue weighted by molar-refractivity contribution is 0.104. The predicted molar refractivity (Wildman–Crippen MR) is 127 cm³/mol. The van der Waals surface area contributed by atoms with Gasteiger partial charge in [-0.2, -0.15) is 0 Å². The monoisotopic (exact) mass is 446 g/mol. The Hall–Kier alpha value is -3.15. The summed E-state index contributed by atoms with van der Waals surface area (Å²) in [5.41, 5.74) is 2.47. The van der Waals surface area contributed by atoms with Gasteiger partial charge >= 0.3 is 0 Å². The predicted octanol–water partition coefficient (Wildman–Crippen LogP) is 6.35. The van der Waals surface area contributed by atoms with Crippen LogP contribution in [0.15, 0.2) is 90.2 Å². The van der Waals surface area contributed by atoms with E-state index in [1.54, 1.807) is 54.5 Å². The number of nitrogens with zero attached hydrogens (tertiary/aromatic N) is 2. The fraction of sp³-hybridized carbons (Fsp3) is 0.0800. The van der Waals surface area contributed by atoms with Gasteiger partial charge in [0.2, 0.25) is 0 Å². The molecule has 4 aromatic rings. The van der Waals surface area contributed by atoms with Gasteiger partial charge in [0.25, 0.3) is 0 Å². The first-order valence-electron chi connectivity index (χ1n) is 9.72. The molecule has 3 aromatic carbocycles. The molecule has 0 aliphatic rings. The van der Waals surface area contributed by atoms with Crippen LogP contribution in [0.25, 0.3) is 17.0 Å². The van der Waals surface area contributed by atoms with Crippen molar-refractivity contribution in [2.45, 2.75) is 5.03 Å². The van der Waals surface area contributed by atoms with Crippen molar-refractivity contribution in [1.82, 2.24) is 9.97 Å². The van der Waals surface area contributed by atoms with Gasteiger partial charge in [-0.05, 0) is 54.1 Å². The Morgan fingerprint density at radius 1 is 0.968 bits per heavy atom. The smallest absolute Gasteiger partial charge is 0.185 e. The van der Waals surface area contributed by atoms with Crippen LogP contribution < -0.4 is 4.74 Å². The number of allylic oxidation sites excluding steroid dienone is 1. The van der Waals surface area contributed by atoms with Crippen molar-refractivity contribution in [2.75, 3.05) is 12.4 Å². The molecule has 0 spiro atoms. The Balaban J connectivity index is 1.28. The summed E-state index contributed by atoms with van der Waals surface area (Å²) in [6.45, 7) is 0.534. The number of rotatable bonds is 8. The van der Waals surface area contributed by atoms with Crippen LogP contribution in [0, 0.1) is 0 Å². The van der Waals surface area contributed by atoms with E-state index in [1.165, 1.54) is 0 Å². The zero-order valence-electron chi connectivity index (χ0n) is 16.6. The molecule has 154 valence electrons. The van der Waals surface area contributed by atoms with Crippen LogP contribution >= 0.6 is 23.4 Å². The second kappa shape index (κ2) is 10.2. The summed E-state index contributed by atoms with van der Waals surface area (Å²) < 4.78 is 5.81. The number of ketones is 1. The maximum Gasteiger partial charge on any atom is 0.185 e. The first kappa shape index (κ1) is 21.1. The number of halogens is 1. The Morgan fingerprint density at radius 2 is 1.74 bits per heavy atom. The molecule has 4 rings (SSSR count). The van der Waals surface area contributed by atoms with Crippen LogP contribution in [0.1, 0.15) is 15.9 Å². The molecule has 0 saturated carbocycles. The van der Waals surface area contributed by atoms with Crippen LogP contribution in [0.4, 0.5) is 0 Å². The number of carbonyl (C=O) groups is 1. The van der Waals surface area contributed by atoms with Crippen molar-refractivity contribution in [3.8, 4) is 5.75 Å². The Bertz CT molecular complexity index is 1200. The normalized spacial score (nSPS) is 11.1. The third-order valence-electron chi connectivity index (χ3n) is 4.53. The SMILES string of the molecule is O=C(/C=C/c1ccc(Cl)cc1)c1ccc(OCCSc2ncnc3ccccc23)cc1. The number of aromatic nitrogens is 2. The van der Waals surface area contributed by atoms with Crippen LogP contribution in [0.5, 0.6) is 5.75 Å². The first-order chi connectivity index (χ1) is 15.2. The number of ether oxygens (including phenoxy) is 1. The molecule has 0 bridgehead atoms. The molecule has 0 radical (unpaired) electrons.